The molecule has 31 heavy (non-hydrogen) atoms. The monoisotopic (exact) mass is 434 g/mol. The molecular weight excluding hydrogens is 412 g/mol. The molecule has 158 valence electrons. The Morgan fingerprint density at radius 3 is 2.19 bits per heavy atom. The minimum atomic E-state index is -0.427. The summed E-state index contributed by atoms with van der Waals surface area (Å²) in [5, 5.41) is 5.10. The Labute approximate surface area is 184 Å². The van der Waals surface area contributed by atoms with Crippen molar-refractivity contribution < 1.29 is 19.1 Å². The Balaban J connectivity index is 1.82. The van der Waals surface area contributed by atoms with Gasteiger partial charge in [-0.15, -0.1) is 11.3 Å². The van der Waals surface area contributed by atoms with E-state index < -0.39 is 11.8 Å². The average molecular weight is 435 g/mol. The van der Waals surface area contributed by atoms with Gasteiger partial charge in [0.2, 0.25) is 0 Å². The van der Waals surface area contributed by atoms with Crippen LogP contribution in [0.25, 0.3) is 5.57 Å². The number of amides is 2. The molecule has 1 aromatic heterocycles. The van der Waals surface area contributed by atoms with Crippen LogP contribution in [-0.4, -0.2) is 26.0 Å². The number of methoxy groups -OCH3 is 2. The van der Waals surface area contributed by atoms with Crippen LogP contribution in [0.1, 0.15) is 16.0 Å². The van der Waals surface area contributed by atoms with Crippen molar-refractivity contribution in [1.29, 1.82) is 0 Å². The first-order valence-electron chi connectivity index (χ1n) is 9.67. The van der Waals surface area contributed by atoms with Crippen LogP contribution < -0.4 is 19.7 Å². The zero-order chi connectivity index (χ0) is 22.1. The lowest BCUT2D eigenvalue weighted by atomic mass is 10.1. The second kappa shape index (κ2) is 8.28. The molecule has 2 aromatic carbocycles. The van der Waals surface area contributed by atoms with Crippen LogP contribution in [-0.2, 0) is 9.59 Å². The molecule has 0 fully saturated rings. The standard InChI is InChI=1S/C24H22N2O4S/c1-14-7-8-19(15(2)10-14)25-22-21(20-6-5-9-31-20)23(27)26(24(22)28)16-11-17(29-3)13-18(12-16)30-4/h5-13,25H,1-4H3. The molecular formula is C24H22N2O4S. The molecule has 0 saturated carbocycles. The number of carbonyl (C=O) groups is 2. The summed E-state index contributed by atoms with van der Waals surface area (Å²) in [7, 11) is 3.04. The maximum Gasteiger partial charge on any atom is 0.282 e. The number of hydrogen-bond donors (Lipinski definition) is 1. The highest BCUT2D eigenvalue weighted by Crippen LogP contribution is 2.38. The van der Waals surface area contributed by atoms with Crippen molar-refractivity contribution in [2.24, 2.45) is 0 Å². The number of benzene rings is 2. The summed E-state index contributed by atoms with van der Waals surface area (Å²) in [6, 6.07) is 14.6. The van der Waals surface area contributed by atoms with E-state index in [1.807, 2.05) is 49.6 Å². The number of imide groups is 1. The molecule has 4 rings (SSSR count). The van der Waals surface area contributed by atoms with E-state index in [-0.39, 0.29) is 5.70 Å². The van der Waals surface area contributed by atoms with Crippen molar-refractivity contribution in [2.75, 3.05) is 24.4 Å². The van der Waals surface area contributed by atoms with Gasteiger partial charge in [0.25, 0.3) is 11.8 Å². The van der Waals surface area contributed by atoms with Gasteiger partial charge in [-0.2, -0.15) is 0 Å². The van der Waals surface area contributed by atoms with Gasteiger partial charge >= 0.3 is 0 Å². The van der Waals surface area contributed by atoms with Crippen molar-refractivity contribution in [3.05, 3.63) is 75.6 Å². The molecule has 1 aliphatic heterocycles. The van der Waals surface area contributed by atoms with Gasteiger partial charge in [-0.3, -0.25) is 9.59 Å². The van der Waals surface area contributed by atoms with E-state index in [0.717, 1.165) is 26.6 Å². The second-order valence-corrected chi connectivity index (χ2v) is 8.13. The molecule has 7 heteroatoms. The van der Waals surface area contributed by atoms with Crippen molar-refractivity contribution in [2.45, 2.75) is 13.8 Å². The minimum Gasteiger partial charge on any atom is -0.497 e. The molecule has 0 aliphatic carbocycles. The third-order valence-electron chi connectivity index (χ3n) is 5.09. The van der Waals surface area contributed by atoms with Crippen LogP contribution in [0.4, 0.5) is 11.4 Å². The van der Waals surface area contributed by atoms with E-state index in [4.69, 9.17) is 9.47 Å². The van der Waals surface area contributed by atoms with E-state index in [1.54, 1.807) is 18.2 Å². The summed E-state index contributed by atoms with van der Waals surface area (Å²) in [6.07, 6.45) is 0. The molecule has 0 saturated heterocycles. The molecule has 2 amide bonds. The number of rotatable bonds is 6. The minimum absolute atomic E-state index is 0.251. The van der Waals surface area contributed by atoms with Crippen LogP contribution in [0, 0.1) is 13.8 Å². The first-order valence-corrected chi connectivity index (χ1v) is 10.5. The quantitative estimate of drug-likeness (QED) is 0.566. The number of ether oxygens (including phenoxy) is 2. The van der Waals surface area contributed by atoms with Crippen molar-refractivity contribution in [3.63, 3.8) is 0 Å². The summed E-state index contributed by atoms with van der Waals surface area (Å²) in [4.78, 5) is 28.9. The first kappa shape index (κ1) is 20.7. The van der Waals surface area contributed by atoms with Crippen LogP contribution in [0.2, 0.25) is 0 Å². The van der Waals surface area contributed by atoms with E-state index in [9.17, 15) is 9.59 Å². The number of carbonyl (C=O) groups excluding carboxylic acids is 2. The zero-order valence-corrected chi connectivity index (χ0v) is 18.5. The van der Waals surface area contributed by atoms with E-state index in [0.29, 0.717) is 22.8 Å². The van der Waals surface area contributed by atoms with Crippen LogP contribution in [0.15, 0.2) is 59.6 Å². The summed E-state index contributed by atoms with van der Waals surface area (Å²) in [5.74, 6) is 0.158. The Bertz CT molecular complexity index is 1180. The fraction of sp³-hybridized carbons (Fsp3) is 0.167. The average Bonchev–Trinajstić information content (AvgIpc) is 3.36. The SMILES string of the molecule is COc1cc(OC)cc(N2C(=O)C(Nc3ccc(C)cc3C)=C(c3cccs3)C2=O)c1. The molecule has 0 atom stereocenters. The fourth-order valence-corrected chi connectivity index (χ4v) is 4.31. The third-order valence-corrected chi connectivity index (χ3v) is 5.97. The van der Waals surface area contributed by atoms with Gasteiger partial charge in [0.1, 0.15) is 17.2 Å². The number of thiophene rings is 1. The number of nitrogens with zero attached hydrogens (tertiary/aromatic N) is 1. The van der Waals surface area contributed by atoms with Gasteiger partial charge in [0, 0.05) is 28.8 Å². The molecule has 0 radical (unpaired) electrons. The van der Waals surface area contributed by atoms with Crippen LogP contribution >= 0.6 is 11.3 Å². The molecule has 1 aliphatic rings. The van der Waals surface area contributed by atoms with E-state index in [1.165, 1.54) is 25.6 Å². The maximum absolute atomic E-state index is 13.5. The van der Waals surface area contributed by atoms with Gasteiger partial charge in [-0.25, -0.2) is 4.90 Å². The molecule has 0 unspecified atom stereocenters. The van der Waals surface area contributed by atoms with Crippen LogP contribution in [0.5, 0.6) is 11.5 Å². The zero-order valence-electron chi connectivity index (χ0n) is 17.7. The summed E-state index contributed by atoms with van der Waals surface area (Å²) in [6.45, 7) is 3.97. The van der Waals surface area contributed by atoms with Crippen molar-refractivity contribution in [1.82, 2.24) is 0 Å². The highest BCUT2D eigenvalue weighted by atomic mass is 32.1. The fourth-order valence-electron chi connectivity index (χ4n) is 3.54. The van der Waals surface area contributed by atoms with Gasteiger partial charge < -0.3 is 14.8 Å². The smallest absolute Gasteiger partial charge is 0.282 e. The van der Waals surface area contributed by atoms with Gasteiger partial charge in [0.05, 0.1) is 25.5 Å². The highest BCUT2D eigenvalue weighted by Gasteiger charge is 2.41. The predicted molar refractivity (Wildman–Crippen MR) is 123 cm³/mol. The summed E-state index contributed by atoms with van der Waals surface area (Å²) < 4.78 is 10.6. The highest BCUT2D eigenvalue weighted by molar-refractivity contribution is 7.11. The lowest BCUT2D eigenvalue weighted by Gasteiger charge is -2.17. The van der Waals surface area contributed by atoms with Crippen molar-refractivity contribution >= 4 is 40.1 Å². The largest absolute Gasteiger partial charge is 0.497 e. The number of anilines is 2. The summed E-state index contributed by atoms with van der Waals surface area (Å²) in [5.41, 5.74) is 3.87. The maximum atomic E-state index is 13.5. The topological polar surface area (TPSA) is 67.9 Å². The Morgan fingerprint density at radius 2 is 1.61 bits per heavy atom. The number of aryl methyl sites for hydroxylation is 2. The molecule has 1 N–H and O–H groups in total. The van der Waals surface area contributed by atoms with Crippen molar-refractivity contribution in [3.8, 4) is 11.5 Å². The van der Waals surface area contributed by atoms with Gasteiger partial charge in [-0.05, 0) is 36.9 Å². The van der Waals surface area contributed by atoms with Gasteiger partial charge in [0.15, 0.2) is 0 Å². The third kappa shape index (κ3) is 3.80. The molecule has 0 spiro atoms. The normalized spacial score (nSPS) is 13.7. The number of hydrogen-bond acceptors (Lipinski definition) is 6. The first-order chi connectivity index (χ1) is 14.9. The lowest BCUT2D eigenvalue weighted by molar-refractivity contribution is -0.120. The Morgan fingerprint density at radius 1 is 0.903 bits per heavy atom. The molecule has 3 aromatic rings. The van der Waals surface area contributed by atoms with Gasteiger partial charge in [-0.1, -0.05) is 23.8 Å². The molecule has 0 bridgehead atoms. The lowest BCUT2D eigenvalue weighted by Crippen LogP contribution is -2.32. The predicted octanol–water partition coefficient (Wildman–Crippen LogP) is 4.78. The Kier molecular flexibility index (Phi) is 5.52. The Hall–Kier alpha value is -3.58. The van der Waals surface area contributed by atoms with Crippen LogP contribution in [0.3, 0.4) is 0 Å². The van der Waals surface area contributed by atoms with E-state index in [2.05, 4.69) is 5.32 Å². The molecule has 6 nitrogen and oxygen atoms in total. The number of nitrogens with one attached hydrogen (secondary N) is 1. The van der Waals surface area contributed by atoms with E-state index >= 15 is 0 Å². The summed E-state index contributed by atoms with van der Waals surface area (Å²) >= 11 is 1.41. The second-order valence-electron chi connectivity index (χ2n) is 7.19. The molecule has 2 heterocycles.